The van der Waals surface area contributed by atoms with Gasteiger partial charge in [0.05, 0.1) is 10.5 Å². The number of anilines is 1. The summed E-state index contributed by atoms with van der Waals surface area (Å²) in [5.41, 5.74) is 5.68. The fraction of sp³-hybridized carbons (Fsp3) is 0.500. The minimum atomic E-state index is -0.561. The van der Waals surface area contributed by atoms with E-state index >= 15 is 0 Å². The molecule has 0 bridgehead atoms. The number of amidine groups is 1. The van der Waals surface area contributed by atoms with Crippen molar-refractivity contribution in [1.29, 1.82) is 0 Å². The standard InChI is InChI=1S/C12H19N5O3/c1-3-5-16(6-4-2)12-10(11(13)15-18)7-9(8-14-12)17(19)20/h7-8,18H,3-6H2,1-2H3,(H2,13,15). The summed E-state index contributed by atoms with van der Waals surface area (Å²) in [4.78, 5) is 16.3. The van der Waals surface area contributed by atoms with Crippen LogP contribution in [0.5, 0.6) is 0 Å². The minimum Gasteiger partial charge on any atom is -0.409 e. The average molecular weight is 281 g/mol. The number of nitrogens with two attached hydrogens (primary N) is 1. The van der Waals surface area contributed by atoms with Crippen LogP contribution < -0.4 is 10.6 Å². The Morgan fingerprint density at radius 3 is 2.55 bits per heavy atom. The molecule has 0 unspecified atom stereocenters. The summed E-state index contributed by atoms with van der Waals surface area (Å²) in [5, 5.41) is 22.6. The number of aromatic nitrogens is 1. The minimum absolute atomic E-state index is 0.187. The van der Waals surface area contributed by atoms with Crippen molar-refractivity contribution in [3.63, 3.8) is 0 Å². The van der Waals surface area contributed by atoms with E-state index in [1.807, 2.05) is 18.7 Å². The van der Waals surface area contributed by atoms with Gasteiger partial charge in [0.1, 0.15) is 12.0 Å². The number of nitrogens with zero attached hydrogens (tertiary/aromatic N) is 4. The van der Waals surface area contributed by atoms with Gasteiger partial charge in [-0.25, -0.2) is 4.98 Å². The highest BCUT2D eigenvalue weighted by Crippen LogP contribution is 2.23. The van der Waals surface area contributed by atoms with E-state index < -0.39 is 4.92 Å². The summed E-state index contributed by atoms with van der Waals surface area (Å²) >= 11 is 0. The monoisotopic (exact) mass is 281 g/mol. The first-order chi connectivity index (χ1) is 9.54. The third kappa shape index (κ3) is 3.56. The van der Waals surface area contributed by atoms with Crippen LogP contribution in [0.1, 0.15) is 32.3 Å². The number of rotatable bonds is 7. The topological polar surface area (TPSA) is 118 Å². The summed E-state index contributed by atoms with van der Waals surface area (Å²) < 4.78 is 0. The molecule has 0 aliphatic carbocycles. The molecule has 1 heterocycles. The van der Waals surface area contributed by atoms with Crippen LogP contribution in [0.2, 0.25) is 0 Å². The molecule has 0 saturated heterocycles. The fourth-order valence-corrected chi connectivity index (χ4v) is 1.90. The van der Waals surface area contributed by atoms with Crippen LogP contribution in [0.3, 0.4) is 0 Å². The first kappa shape index (κ1) is 15.7. The lowest BCUT2D eigenvalue weighted by Gasteiger charge is -2.24. The number of hydrogen-bond acceptors (Lipinski definition) is 6. The third-order valence-corrected chi connectivity index (χ3v) is 2.73. The number of nitro groups is 1. The molecule has 3 N–H and O–H groups in total. The average Bonchev–Trinajstić information content (AvgIpc) is 2.45. The van der Waals surface area contributed by atoms with Gasteiger partial charge in [-0.3, -0.25) is 10.1 Å². The predicted molar refractivity (Wildman–Crippen MR) is 76.2 cm³/mol. The zero-order valence-electron chi connectivity index (χ0n) is 11.6. The van der Waals surface area contributed by atoms with Crippen LogP contribution >= 0.6 is 0 Å². The second-order valence-electron chi connectivity index (χ2n) is 4.29. The molecule has 1 rings (SSSR count). The highest BCUT2D eigenvalue weighted by molar-refractivity contribution is 6.01. The normalized spacial score (nSPS) is 11.4. The van der Waals surface area contributed by atoms with Gasteiger partial charge in [-0.2, -0.15) is 0 Å². The lowest BCUT2D eigenvalue weighted by Crippen LogP contribution is -2.29. The number of hydrogen-bond donors (Lipinski definition) is 2. The second-order valence-corrected chi connectivity index (χ2v) is 4.29. The summed E-state index contributed by atoms with van der Waals surface area (Å²) in [6, 6.07) is 1.27. The molecule has 8 heteroatoms. The highest BCUT2D eigenvalue weighted by Gasteiger charge is 2.19. The van der Waals surface area contributed by atoms with Crippen LogP contribution in [-0.2, 0) is 0 Å². The predicted octanol–water partition coefficient (Wildman–Crippen LogP) is 1.71. The highest BCUT2D eigenvalue weighted by atomic mass is 16.6. The van der Waals surface area contributed by atoms with E-state index in [9.17, 15) is 10.1 Å². The van der Waals surface area contributed by atoms with Gasteiger partial charge in [0.25, 0.3) is 5.69 Å². The van der Waals surface area contributed by atoms with E-state index in [2.05, 4.69) is 10.1 Å². The number of oxime groups is 1. The molecule has 0 aromatic carbocycles. The Kier molecular flexibility index (Phi) is 5.70. The van der Waals surface area contributed by atoms with Gasteiger partial charge in [-0.1, -0.05) is 19.0 Å². The third-order valence-electron chi connectivity index (χ3n) is 2.73. The Morgan fingerprint density at radius 2 is 2.10 bits per heavy atom. The molecule has 20 heavy (non-hydrogen) atoms. The van der Waals surface area contributed by atoms with Crippen LogP contribution in [0, 0.1) is 10.1 Å². The quantitative estimate of drug-likeness (QED) is 0.258. The Balaban J connectivity index is 3.32. The van der Waals surface area contributed by atoms with Gasteiger partial charge in [-0.15, -0.1) is 0 Å². The summed E-state index contributed by atoms with van der Waals surface area (Å²) in [6.07, 6.45) is 2.98. The van der Waals surface area contributed by atoms with Crippen LogP contribution in [0.15, 0.2) is 17.4 Å². The molecule has 0 amide bonds. The molecule has 1 aromatic heterocycles. The van der Waals surface area contributed by atoms with Crippen molar-refractivity contribution in [2.75, 3.05) is 18.0 Å². The lowest BCUT2D eigenvalue weighted by molar-refractivity contribution is -0.385. The molecule has 8 nitrogen and oxygen atoms in total. The van der Waals surface area contributed by atoms with Gasteiger partial charge >= 0.3 is 0 Å². The first-order valence-electron chi connectivity index (χ1n) is 6.42. The maximum absolute atomic E-state index is 10.8. The lowest BCUT2D eigenvalue weighted by atomic mass is 10.2. The van der Waals surface area contributed by atoms with Crippen molar-refractivity contribution in [2.24, 2.45) is 10.9 Å². The van der Waals surface area contributed by atoms with E-state index in [0.29, 0.717) is 5.82 Å². The van der Waals surface area contributed by atoms with E-state index in [1.54, 1.807) is 0 Å². The second kappa shape index (κ2) is 7.27. The van der Waals surface area contributed by atoms with Gasteiger partial charge in [0.2, 0.25) is 0 Å². The molecule has 0 radical (unpaired) electrons. The van der Waals surface area contributed by atoms with E-state index in [-0.39, 0.29) is 17.1 Å². The largest absolute Gasteiger partial charge is 0.409 e. The zero-order valence-corrected chi connectivity index (χ0v) is 11.6. The number of pyridine rings is 1. The van der Waals surface area contributed by atoms with E-state index in [0.717, 1.165) is 25.9 Å². The molecule has 0 atom stereocenters. The molecule has 0 aliphatic heterocycles. The summed E-state index contributed by atoms with van der Waals surface area (Å²) in [5.74, 6) is 0.308. The van der Waals surface area contributed by atoms with Gasteiger partial charge in [0.15, 0.2) is 5.84 Å². The molecular formula is C12H19N5O3. The SMILES string of the molecule is CCCN(CCC)c1ncc([N+](=O)[O-])cc1C(N)=NO. The van der Waals surface area contributed by atoms with E-state index in [1.165, 1.54) is 12.3 Å². The van der Waals surface area contributed by atoms with Crippen molar-refractivity contribution >= 4 is 17.3 Å². The maximum atomic E-state index is 10.8. The Morgan fingerprint density at radius 1 is 1.50 bits per heavy atom. The van der Waals surface area contributed by atoms with Crippen molar-refractivity contribution < 1.29 is 10.1 Å². The van der Waals surface area contributed by atoms with Crippen molar-refractivity contribution in [1.82, 2.24) is 4.98 Å². The maximum Gasteiger partial charge on any atom is 0.288 e. The van der Waals surface area contributed by atoms with Crippen LogP contribution in [0.4, 0.5) is 11.5 Å². The molecule has 0 fully saturated rings. The van der Waals surface area contributed by atoms with Crippen LogP contribution in [0.25, 0.3) is 0 Å². The van der Waals surface area contributed by atoms with Gasteiger partial charge in [0, 0.05) is 19.2 Å². The zero-order chi connectivity index (χ0) is 15.1. The molecule has 0 spiro atoms. The van der Waals surface area contributed by atoms with Gasteiger partial charge in [-0.05, 0) is 12.8 Å². The van der Waals surface area contributed by atoms with Crippen LogP contribution in [-0.4, -0.2) is 34.0 Å². The molecule has 1 aromatic rings. The smallest absolute Gasteiger partial charge is 0.288 e. The molecule has 110 valence electrons. The van der Waals surface area contributed by atoms with E-state index in [4.69, 9.17) is 10.9 Å². The first-order valence-corrected chi connectivity index (χ1v) is 6.42. The fourth-order valence-electron chi connectivity index (χ4n) is 1.90. The molecule has 0 aliphatic rings. The Hall–Kier alpha value is -2.38. The molecular weight excluding hydrogens is 262 g/mol. The Bertz CT molecular complexity index is 498. The Labute approximate surface area is 117 Å². The summed E-state index contributed by atoms with van der Waals surface area (Å²) in [6.45, 7) is 5.53. The van der Waals surface area contributed by atoms with Crippen molar-refractivity contribution in [3.05, 3.63) is 27.9 Å². The van der Waals surface area contributed by atoms with Crippen molar-refractivity contribution in [2.45, 2.75) is 26.7 Å². The van der Waals surface area contributed by atoms with Crippen molar-refractivity contribution in [3.8, 4) is 0 Å². The molecule has 0 saturated carbocycles. The summed E-state index contributed by atoms with van der Waals surface area (Å²) in [7, 11) is 0. The van der Waals surface area contributed by atoms with Gasteiger partial charge < -0.3 is 15.8 Å².